The van der Waals surface area contributed by atoms with E-state index >= 15 is 0 Å². The van der Waals surface area contributed by atoms with Crippen molar-refractivity contribution in [1.29, 1.82) is 0 Å². The van der Waals surface area contributed by atoms with Crippen molar-refractivity contribution in [1.82, 2.24) is 24.6 Å². The number of likely N-dealkylation sites (tertiary alicyclic amines) is 1. The molecule has 5 nitrogen and oxygen atoms in total. The van der Waals surface area contributed by atoms with Crippen molar-refractivity contribution in [3.63, 3.8) is 0 Å². The molecule has 1 aliphatic carbocycles. The van der Waals surface area contributed by atoms with Crippen molar-refractivity contribution in [2.45, 2.75) is 30.8 Å². The molecule has 2 aliphatic rings. The van der Waals surface area contributed by atoms with E-state index in [1.54, 1.807) is 18.0 Å². The summed E-state index contributed by atoms with van der Waals surface area (Å²) in [7, 11) is 2.03. The molecule has 0 amide bonds. The zero-order valence-corrected chi connectivity index (χ0v) is 14.4. The predicted molar refractivity (Wildman–Crippen MR) is 92.3 cm³/mol. The molecule has 0 bridgehead atoms. The standard InChI is InChI=1S/C17H23N5S/c1-21-15(14-4-2-8-18-12-14)19-20-16(21)23-11-3-9-22-10-7-17(13-22)5-6-17/h2,4,8,12H,3,5-7,9-11,13H2,1H3. The second-order valence-corrected chi connectivity index (χ2v) is 7.90. The van der Waals surface area contributed by atoms with Crippen molar-refractivity contribution in [3.8, 4) is 11.4 Å². The molecule has 4 rings (SSSR count). The average molecular weight is 329 g/mol. The molecule has 0 aromatic carbocycles. The van der Waals surface area contributed by atoms with E-state index < -0.39 is 0 Å². The lowest BCUT2D eigenvalue weighted by Crippen LogP contribution is -2.22. The summed E-state index contributed by atoms with van der Waals surface area (Å²) in [5, 5.41) is 9.63. The Hall–Kier alpha value is -1.40. The van der Waals surface area contributed by atoms with Crippen LogP contribution in [0, 0.1) is 5.41 Å². The van der Waals surface area contributed by atoms with Gasteiger partial charge in [-0.25, -0.2) is 0 Å². The highest BCUT2D eigenvalue weighted by Crippen LogP contribution is 2.52. The summed E-state index contributed by atoms with van der Waals surface area (Å²) < 4.78 is 2.07. The molecule has 3 heterocycles. The predicted octanol–water partition coefficient (Wildman–Crippen LogP) is 2.85. The molecule has 1 spiro atoms. The largest absolute Gasteiger partial charge is 0.305 e. The van der Waals surface area contributed by atoms with Crippen LogP contribution >= 0.6 is 11.8 Å². The third kappa shape index (κ3) is 3.28. The minimum Gasteiger partial charge on any atom is -0.305 e. The maximum absolute atomic E-state index is 4.33. The van der Waals surface area contributed by atoms with Crippen LogP contribution in [0.15, 0.2) is 29.7 Å². The van der Waals surface area contributed by atoms with Crippen LogP contribution in [0.1, 0.15) is 25.7 Å². The average Bonchev–Trinajstić information content (AvgIpc) is 3.06. The lowest BCUT2D eigenvalue weighted by atomic mass is 10.1. The summed E-state index contributed by atoms with van der Waals surface area (Å²) in [6.07, 6.45) is 9.19. The van der Waals surface area contributed by atoms with Crippen molar-refractivity contribution in [3.05, 3.63) is 24.5 Å². The molecule has 23 heavy (non-hydrogen) atoms. The lowest BCUT2D eigenvalue weighted by Gasteiger charge is -2.15. The summed E-state index contributed by atoms with van der Waals surface area (Å²) in [6, 6.07) is 3.95. The zero-order valence-electron chi connectivity index (χ0n) is 13.6. The second-order valence-electron chi connectivity index (χ2n) is 6.84. The van der Waals surface area contributed by atoms with Crippen LogP contribution in [0.3, 0.4) is 0 Å². The highest BCUT2D eigenvalue weighted by Gasteiger charge is 2.47. The zero-order chi connectivity index (χ0) is 15.7. The van der Waals surface area contributed by atoms with E-state index in [1.807, 2.05) is 25.4 Å². The maximum atomic E-state index is 4.33. The number of aromatic nitrogens is 4. The van der Waals surface area contributed by atoms with Crippen LogP contribution < -0.4 is 0 Å². The topological polar surface area (TPSA) is 46.8 Å². The lowest BCUT2D eigenvalue weighted by molar-refractivity contribution is 0.321. The molecule has 122 valence electrons. The van der Waals surface area contributed by atoms with E-state index in [0.717, 1.165) is 27.7 Å². The Balaban J connectivity index is 1.27. The SMILES string of the molecule is Cn1c(SCCCN2CCC3(CC3)C2)nnc1-c1cccnc1. The van der Waals surface area contributed by atoms with Crippen LogP contribution in [0.4, 0.5) is 0 Å². The van der Waals surface area contributed by atoms with Crippen LogP contribution in [-0.4, -0.2) is 50.0 Å². The molecule has 1 saturated carbocycles. The van der Waals surface area contributed by atoms with Gasteiger partial charge in [-0.1, -0.05) is 11.8 Å². The first-order valence-electron chi connectivity index (χ1n) is 8.41. The van der Waals surface area contributed by atoms with Gasteiger partial charge in [0.25, 0.3) is 0 Å². The van der Waals surface area contributed by atoms with Gasteiger partial charge in [-0.05, 0) is 56.3 Å². The van der Waals surface area contributed by atoms with Crippen molar-refractivity contribution >= 4 is 11.8 Å². The summed E-state index contributed by atoms with van der Waals surface area (Å²) in [5.41, 5.74) is 1.76. The molecule has 2 fully saturated rings. The van der Waals surface area contributed by atoms with Crippen LogP contribution in [-0.2, 0) is 7.05 Å². The van der Waals surface area contributed by atoms with Crippen LogP contribution in [0.25, 0.3) is 11.4 Å². The first kappa shape index (κ1) is 15.1. The van der Waals surface area contributed by atoms with Gasteiger partial charge in [-0.15, -0.1) is 10.2 Å². The number of thioether (sulfide) groups is 1. The maximum Gasteiger partial charge on any atom is 0.191 e. The molecule has 0 radical (unpaired) electrons. The quantitative estimate of drug-likeness (QED) is 0.602. The fourth-order valence-electron chi connectivity index (χ4n) is 3.44. The molecule has 0 N–H and O–H groups in total. The fourth-order valence-corrected chi connectivity index (χ4v) is 4.28. The van der Waals surface area contributed by atoms with Gasteiger partial charge in [0.05, 0.1) is 0 Å². The summed E-state index contributed by atoms with van der Waals surface area (Å²) in [6.45, 7) is 3.87. The number of hydrogen-bond acceptors (Lipinski definition) is 5. The first-order valence-corrected chi connectivity index (χ1v) is 9.39. The summed E-state index contributed by atoms with van der Waals surface area (Å²) >= 11 is 1.80. The molecule has 0 atom stereocenters. The molecular weight excluding hydrogens is 306 g/mol. The second kappa shape index (κ2) is 6.24. The molecule has 0 unspecified atom stereocenters. The minimum absolute atomic E-state index is 0.745. The monoisotopic (exact) mass is 329 g/mol. The van der Waals surface area contributed by atoms with E-state index in [9.17, 15) is 0 Å². The van der Waals surface area contributed by atoms with Crippen LogP contribution in [0.5, 0.6) is 0 Å². The highest BCUT2D eigenvalue weighted by atomic mass is 32.2. The number of nitrogens with zero attached hydrogens (tertiary/aromatic N) is 5. The highest BCUT2D eigenvalue weighted by molar-refractivity contribution is 7.99. The van der Waals surface area contributed by atoms with Gasteiger partial charge in [0.2, 0.25) is 0 Å². The van der Waals surface area contributed by atoms with Gasteiger partial charge >= 0.3 is 0 Å². The van der Waals surface area contributed by atoms with Gasteiger partial charge in [0.15, 0.2) is 11.0 Å². The van der Waals surface area contributed by atoms with Gasteiger partial charge in [-0.2, -0.15) is 0 Å². The third-order valence-electron chi connectivity index (χ3n) is 5.08. The molecule has 1 aliphatic heterocycles. The summed E-state index contributed by atoms with van der Waals surface area (Å²) in [5.74, 6) is 1.98. The Morgan fingerprint density at radius 2 is 2.17 bits per heavy atom. The van der Waals surface area contributed by atoms with E-state index in [2.05, 4.69) is 24.6 Å². The molecular formula is C17H23N5S. The Kier molecular flexibility index (Phi) is 4.11. The van der Waals surface area contributed by atoms with Gasteiger partial charge in [-0.3, -0.25) is 4.98 Å². The van der Waals surface area contributed by atoms with Gasteiger partial charge in [0, 0.05) is 37.3 Å². The van der Waals surface area contributed by atoms with Crippen LogP contribution in [0.2, 0.25) is 0 Å². The van der Waals surface area contributed by atoms with Crippen molar-refractivity contribution in [2.75, 3.05) is 25.4 Å². The molecule has 6 heteroatoms. The molecule has 2 aromatic rings. The Morgan fingerprint density at radius 3 is 2.91 bits per heavy atom. The fraction of sp³-hybridized carbons (Fsp3) is 0.588. The number of hydrogen-bond donors (Lipinski definition) is 0. The Morgan fingerprint density at radius 1 is 1.26 bits per heavy atom. The summed E-state index contributed by atoms with van der Waals surface area (Å²) in [4.78, 5) is 6.80. The van der Waals surface area contributed by atoms with E-state index in [0.29, 0.717) is 0 Å². The smallest absolute Gasteiger partial charge is 0.191 e. The van der Waals surface area contributed by atoms with E-state index in [-0.39, 0.29) is 0 Å². The first-order chi connectivity index (χ1) is 11.3. The van der Waals surface area contributed by atoms with Gasteiger partial charge in [0.1, 0.15) is 0 Å². The Labute approximate surface area is 141 Å². The number of pyridine rings is 1. The van der Waals surface area contributed by atoms with Crippen molar-refractivity contribution in [2.24, 2.45) is 12.5 Å². The third-order valence-corrected chi connectivity index (χ3v) is 6.19. The number of rotatable bonds is 6. The van der Waals surface area contributed by atoms with Crippen molar-refractivity contribution < 1.29 is 0 Å². The van der Waals surface area contributed by atoms with E-state index in [1.165, 1.54) is 45.3 Å². The molecule has 2 aromatic heterocycles. The molecule has 1 saturated heterocycles. The normalized spacial score (nSPS) is 19.5. The Bertz CT molecular complexity index is 665. The minimum atomic E-state index is 0.745. The van der Waals surface area contributed by atoms with E-state index in [4.69, 9.17) is 0 Å². The van der Waals surface area contributed by atoms with Gasteiger partial charge < -0.3 is 9.47 Å².